The standard InChI is InChI=1S/C18H24FN3O/c19-15-9-6-14(7-10-15)12-22-17(23)16(21-18(22)20)11-8-13-4-2-1-3-5-13/h6-7,9-10,13,16H,1-5,8,11-12H2,(H2,20,21). The number of benzene rings is 1. The highest BCUT2D eigenvalue weighted by molar-refractivity contribution is 6.04. The van der Waals surface area contributed by atoms with Crippen LogP contribution >= 0.6 is 0 Å². The van der Waals surface area contributed by atoms with Crippen LogP contribution in [0.3, 0.4) is 0 Å². The van der Waals surface area contributed by atoms with Gasteiger partial charge in [0.05, 0.1) is 6.54 Å². The number of carbonyl (C=O) groups excluding carboxylic acids is 1. The Hall–Kier alpha value is -1.91. The highest BCUT2D eigenvalue weighted by atomic mass is 19.1. The zero-order chi connectivity index (χ0) is 16.2. The molecule has 1 heterocycles. The molecule has 23 heavy (non-hydrogen) atoms. The van der Waals surface area contributed by atoms with Gasteiger partial charge in [0.1, 0.15) is 11.9 Å². The zero-order valence-corrected chi connectivity index (χ0v) is 13.4. The van der Waals surface area contributed by atoms with Crippen molar-refractivity contribution < 1.29 is 9.18 Å². The average Bonchev–Trinajstić information content (AvgIpc) is 2.83. The minimum atomic E-state index is -0.336. The van der Waals surface area contributed by atoms with E-state index in [2.05, 4.69) is 4.99 Å². The topological polar surface area (TPSA) is 58.7 Å². The summed E-state index contributed by atoms with van der Waals surface area (Å²) in [5.41, 5.74) is 6.78. The summed E-state index contributed by atoms with van der Waals surface area (Å²) in [5.74, 6) is 0.711. The highest BCUT2D eigenvalue weighted by Gasteiger charge is 2.33. The van der Waals surface area contributed by atoms with Crippen molar-refractivity contribution >= 4 is 11.9 Å². The van der Waals surface area contributed by atoms with Gasteiger partial charge in [-0.2, -0.15) is 0 Å². The lowest BCUT2D eigenvalue weighted by Gasteiger charge is -2.22. The predicted molar refractivity (Wildman–Crippen MR) is 88.2 cm³/mol. The van der Waals surface area contributed by atoms with Crippen molar-refractivity contribution in [3.63, 3.8) is 0 Å². The highest BCUT2D eigenvalue weighted by Crippen LogP contribution is 2.29. The fourth-order valence-corrected chi connectivity index (χ4v) is 3.57. The van der Waals surface area contributed by atoms with Crippen molar-refractivity contribution in [1.29, 1.82) is 0 Å². The summed E-state index contributed by atoms with van der Waals surface area (Å²) < 4.78 is 13.0. The number of hydrogen-bond donors (Lipinski definition) is 1. The summed E-state index contributed by atoms with van der Waals surface area (Å²) in [6, 6.07) is 5.79. The smallest absolute Gasteiger partial charge is 0.254 e. The minimum absolute atomic E-state index is 0.0253. The minimum Gasteiger partial charge on any atom is -0.369 e. The molecule has 1 aliphatic carbocycles. The first-order valence-corrected chi connectivity index (χ1v) is 8.52. The third-order valence-electron chi connectivity index (χ3n) is 4.94. The van der Waals surface area contributed by atoms with Crippen LogP contribution in [0, 0.1) is 11.7 Å². The second-order valence-electron chi connectivity index (χ2n) is 6.64. The van der Waals surface area contributed by atoms with Gasteiger partial charge < -0.3 is 5.73 Å². The summed E-state index contributed by atoms with van der Waals surface area (Å²) in [6.07, 6.45) is 8.35. The van der Waals surface area contributed by atoms with Crippen LogP contribution in [0.25, 0.3) is 0 Å². The van der Waals surface area contributed by atoms with Crippen molar-refractivity contribution in [2.24, 2.45) is 16.6 Å². The maximum atomic E-state index is 13.0. The SMILES string of the molecule is NC1=NC(CCC2CCCCC2)C(=O)N1Cc1ccc(F)cc1. The van der Waals surface area contributed by atoms with E-state index < -0.39 is 0 Å². The Kier molecular flexibility index (Phi) is 4.94. The van der Waals surface area contributed by atoms with Crippen molar-refractivity contribution in [3.05, 3.63) is 35.6 Å². The lowest BCUT2D eigenvalue weighted by Crippen LogP contribution is -2.38. The number of halogens is 1. The van der Waals surface area contributed by atoms with Crippen molar-refractivity contribution in [1.82, 2.24) is 4.90 Å². The van der Waals surface area contributed by atoms with Crippen LogP contribution < -0.4 is 5.73 Å². The number of rotatable bonds is 5. The molecule has 0 radical (unpaired) electrons. The van der Waals surface area contributed by atoms with E-state index in [1.165, 1.54) is 49.1 Å². The molecule has 124 valence electrons. The Morgan fingerprint density at radius 1 is 1.13 bits per heavy atom. The van der Waals surface area contributed by atoms with Crippen LogP contribution in [0.15, 0.2) is 29.3 Å². The lowest BCUT2D eigenvalue weighted by atomic mass is 9.85. The molecule has 3 rings (SSSR count). The molecule has 0 saturated heterocycles. The van der Waals surface area contributed by atoms with E-state index in [0.29, 0.717) is 6.54 Å². The Morgan fingerprint density at radius 2 is 1.83 bits per heavy atom. The molecule has 4 nitrogen and oxygen atoms in total. The van der Waals surface area contributed by atoms with Gasteiger partial charge in [0.25, 0.3) is 5.91 Å². The number of aliphatic imine (C=N–C) groups is 1. The van der Waals surface area contributed by atoms with Gasteiger partial charge in [0, 0.05) is 0 Å². The van der Waals surface area contributed by atoms with E-state index >= 15 is 0 Å². The first-order valence-electron chi connectivity index (χ1n) is 8.52. The van der Waals surface area contributed by atoms with Crippen LogP contribution in [0.1, 0.15) is 50.5 Å². The van der Waals surface area contributed by atoms with Gasteiger partial charge in [-0.05, 0) is 36.5 Å². The molecule has 1 amide bonds. The fourth-order valence-electron chi connectivity index (χ4n) is 3.57. The maximum Gasteiger partial charge on any atom is 0.254 e. The molecule has 0 spiro atoms. The van der Waals surface area contributed by atoms with Crippen molar-refractivity contribution in [3.8, 4) is 0 Å². The molecule has 2 aliphatic rings. The van der Waals surface area contributed by atoms with Gasteiger partial charge >= 0.3 is 0 Å². The molecule has 0 aromatic heterocycles. The summed E-state index contributed by atoms with van der Waals surface area (Å²) in [4.78, 5) is 18.4. The lowest BCUT2D eigenvalue weighted by molar-refractivity contribution is -0.128. The number of carbonyl (C=O) groups is 1. The largest absolute Gasteiger partial charge is 0.369 e. The number of hydrogen-bond acceptors (Lipinski definition) is 3. The van der Waals surface area contributed by atoms with Gasteiger partial charge in [-0.25, -0.2) is 9.38 Å². The normalized spacial score (nSPS) is 22.5. The first-order chi connectivity index (χ1) is 11.1. The van der Waals surface area contributed by atoms with Gasteiger partial charge in [-0.1, -0.05) is 44.2 Å². The number of guanidine groups is 1. The van der Waals surface area contributed by atoms with Crippen LogP contribution in [0.4, 0.5) is 4.39 Å². The van der Waals surface area contributed by atoms with Crippen LogP contribution in [0.2, 0.25) is 0 Å². The molecule has 1 aromatic rings. The average molecular weight is 317 g/mol. The molecule has 1 fully saturated rings. The Morgan fingerprint density at radius 3 is 2.52 bits per heavy atom. The van der Waals surface area contributed by atoms with E-state index in [-0.39, 0.29) is 23.7 Å². The molecule has 2 N–H and O–H groups in total. The summed E-state index contributed by atoms with van der Waals surface area (Å²) in [5, 5.41) is 0. The van der Waals surface area contributed by atoms with Crippen LogP contribution in [-0.2, 0) is 11.3 Å². The second kappa shape index (κ2) is 7.11. The summed E-state index contributed by atoms with van der Waals surface area (Å²) in [7, 11) is 0. The van der Waals surface area contributed by atoms with Crippen molar-refractivity contribution in [2.45, 2.75) is 57.5 Å². The van der Waals surface area contributed by atoms with Crippen LogP contribution in [-0.4, -0.2) is 22.8 Å². The molecule has 1 saturated carbocycles. The summed E-state index contributed by atoms with van der Waals surface area (Å²) >= 11 is 0. The molecular formula is C18H24FN3O. The maximum absolute atomic E-state index is 13.0. The molecule has 1 aromatic carbocycles. The Labute approximate surface area is 136 Å². The fraction of sp³-hybridized carbons (Fsp3) is 0.556. The molecule has 0 bridgehead atoms. The van der Waals surface area contributed by atoms with E-state index in [1.807, 2.05) is 0 Å². The van der Waals surface area contributed by atoms with Crippen molar-refractivity contribution in [2.75, 3.05) is 0 Å². The number of amides is 1. The van der Waals surface area contributed by atoms with E-state index in [0.717, 1.165) is 24.3 Å². The second-order valence-corrected chi connectivity index (χ2v) is 6.64. The third-order valence-corrected chi connectivity index (χ3v) is 4.94. The summed E-state index contributed by atoms with van der Waals surface area (Å²) in [6.45, 7) is 0.356. The van der Waals surface area contributed by atoms with Gasteiger partial charge in [0.2, 0.25) is 0 Å². The molecular weight excluding hydrogens is 293 g/mol. The molecule has 1 aliphatic heterocycles. The quantitative estimate of drug-likeness (QED) is 0.906. The monoisotopic (exact) mass is 317 g/mol. The van der Waals surface area contributed by atoms with Gasteiger partial charge in [0.15, 0.2) is 5.96 Å². The first kappa shape index (κ1) is 16.0. The van der Waals surface area contributed by atoms with Gasteiger partial charge in [-0.15, -0.1) is 0 Å². The number of nitrogens with two attached hydrogens (primary N) is 1. The third kappa shape index (κ3) is 3.89. The van der Waals surface area contributed by atoms with E-state index in [9.17, 15) is 9.18 Å². The van der Waals surface area contributed by atoms with E-state index in [4.69, 9.17) is 5.73 Å². The molecule has 1 unspecified atom stereocenters. The Balaban J connectivity index is 1.56. The van der Waals surface area contributed by atoms with Gasteiger partial charge in [-0.3, -0.25) is 9.69 Å². The molecule has 1 atom stereocenters. The predicted octanol–water partition coefficient (Wildman–Crippen LogP) is 3.21. The molecule has 5 heteroatoms. The van der Waals surface area contributed by atoms with E-state index in [1.54, 1.807) is 12.1 Å². The van der Waals surface area contributed by atoms with Crippen LogP contribution in [0.5, 0.6) is 0 Å². The zero-order valence-electron chi connectivity index (χ0n) is 13.4. The number of nitrogens with zero attached hydrogens (tertiary/aromatic N) is 2. The Bertz CT molecular complexity index is 578.